The van der Waals surface area contributed by atoms with Gasteiger partial charge in [0.2, 0.25) is 0 Å². The molecule has 0 spiro atoms. The number of anilines is 2. The van der Waals surface area contributed by atoms with Gasteiger partial charge in [-0.05, 0) is 81.2 Å². The maximum absolute atomic E-state index is 6.24. The Hall–Kier alpha value is -1.50. The summed E-state index contributed by atoms with van der Waals surface area (Å²) in [6.45, 7) is 12.4. The fourth-order valence-corrected chi connectivity index (χ4v) is 3.41. The van der Waals surface area contributed by atoms with E-state index in [4.69, 9.17) is 9.31 Å². The van der Waals surface area contributed by atoms with Gasteiger partial charge in [0.1, 0.15) is 0 Å². The summed E-state index contributed by atoms with van der Waals surface area (Å²) in [6.07, 6.45) is 0. The van der Waals surface area contributed by atoms with Crippen LogP contribution in [0.1, 0.15) is 38.8 Å². The molecule has 2 N–H and O–H groups in total. The Labute approximate surface area is 164 Å². The fourth-order valence-electron chi connectivity index (χ4n) is 2.82. The van der Waals surface area contributed by atoms with Crippen LogP contribution < -0.4 is 16.3 Å². The van der Waals surface area contributed by atoms with Crippen LogP contribution in [0.5, 0.6) is 0 Å². The van der Waals surface area contributed by atoms with E-state index in [1.54, 1.807) is 0 Å². The Balaban J connectivity index is 1.85. The molecule has 0 aromatic heterocycles. The summed E-state index contributed by atoms with van der Waals surface area (Å²) in [5, 5.41) is 0. The largest absolute Gasteiger partial charge is 0.497 e. The lowest BCUT2D eigenvalue weighted by molar-refractivity contribution is 0.00578. The summed E-state index contributed by atoms with van der Waals surface area (Å²) in [5.41, 5.74) is 11.1. The van der Waals surface area contributed by atoms with E-state index in [-0.39, 0.29) is 11.2 Å². The van der Waals surface area contributed by atoms with Gasteiger partial charge < -0.3 is 14.7 Å². The summed E-state index contributed by atoms with van der Waals surface area (Å²) in [6, 6.07) is 12.4. The Kier molecular flexibility index (Phi) is 5.12. The maximum Gasteiger partial charge on any atom is 0.497 e. The minimum absolute atomic E-state index is 0.369. The molecule has 26 heavy (non-hydrogen) atoms. The van der Waals surface area contributed by atoms with Crippen molar-refractivity contribution in [1.29, 1.82) is 0 Å². The second-order valence-electron chi connectivity index (χ2n) is 7.91. The molecule has 2 aromatic rings. The number of hydrazine groups is 1. The molecule has 2 aromatic carbocycles. The van der Waals surface area contributed by atoms with E-state index in [1.807, 2.05) is 12.1 Å². The van der Waals surface area contributed by atoms with Gasteiger partial charge in [-0.1, -0.05) is 23.8 Å². The molecule has 4 nitrogen and oxygen atoms in total. The quantitative estimate of drug-likeness (QED) is 0.554. The average molecular weight is 417 g/mol. The van der Waals surface area contributed by atoms with E-state index in [2.05, 4.69) is 92.6 Å². The van der Waals surface area contributed by atoms with Crippen LogP contribution in [0.15, 0.2) is 40.9 Å². The monoisotopic (exact) mass is 416 g/mol. The molecule has 0 amide bonds. The standard InChI is InChI=1S/C20H26BBrN2O2/c1-13-7-9-17(23-24-18-10-8-14(2)12-16(18)22)15(11-13)21-25-19(3,4)20(5,6)26-21/h7-12,23-24H,1-6H3. The van der Waals surface area contributed by atoms with Gasteiger partial charge in [0.25, 0.3) is 0 Å². The van der Waals surface area contributed by atoms with Gasteiger partial charge in [0.05, 0.1) is 22.6 Å². The van der Waals surface area contributed by atoms with Crippen LogP contribution in [0.3, 0.4) is 0 Å². The zero-order valence-electron chi connectivity index (χ0n) is 16.2. The Morgan fingerprint density at radius 2 is 1.31 bits per heavy atom. The molecule has 3 rings (SSSR count). The summed E-state index contributed by atoms with van der Waals surface area (Å²) in [4.78, 5) is 0. The minimum atomic E-state index is -0.411. The molecular weight excluding hydrogens is 391 g/mol. The predicted octanol–water partition coefficient (Wildman–Crippen LogP) is 4.80. The fraction of sp³-hybridized carbons (Fsp3) is 0.400. The molecule has 1 aliphatic rings. The summed E-state index contributed by atoms with van der Waals surface area (Å²) in [5.74, 6) is 0. The van der Waals surface area contributed by atoms with Crippen molar-refractivity contribution in [2.75, 3.05) is 10.9 Å². The van der Waals surface area contributed by atoms with E-state index in [0.29, 0.717) is 0 Å². The lowest BCUT2D eigenvalue weighted by atomic mass is 9.77. The van der Waals surface area contributed by atoms with Crippen molar-refractivity contribution in [3.8, 4) is 0 Å². The van der Waals surface area contributed by atoms with Gasteiger partial charge in [-0.3, -0.25) is 5.43 Å². The first-order valence-corrected chi connectivity index (χ1v) is 9.63. The highest BCUT2D eigenvalue weighted by atomic mass is 79.9. The molecule has 0 unspecified atom stereocenters. The number of halogens is 1. The molecular formula is C20H26BBrN2O2. The number of rotatable bonds is 4. The van der Waals surface area contributed by atoms with Crippen molar-refractivity contribution in [1.82, 2.24) is 0 Å². The van der Waals surface area contributed by atoms with Crippen molar-refractivity contribution in [3.05, 3.63) is 52.0 Å². The highest BCUT2D eigenvalue weighted by Gasteiger charge is 2.52. The molecule has 1 saturated heterocycles. The molecule has 1 aliphatic heterocycles. The Morgan fingerprint density at radius 1 is 0.808 bits per heavy atom. The van der Waals surface area contributed by atoms with E-state index < -0.39 is 7.12 Å². The van der Waals surface area contributed by atoms with Gasteiger partial charge in [0, 0.05) is 9.94 Å². The molecule has 1 heterocycles. The van der Waals surface area contributed by atoms with Crippen LogP contribution in [0.4, 0.5) is 11.4 Å². The van der Waals surface area contributed by atoms with Crippen LogP contribution in [0, 0.1) is 13.8 Å². The Bertz CT molecular complexity index is 807. The second-order valence-corrected chi connectivity index (χ2v) is 8.77. The van der Waals surface area contributed by atoms with Crippen LogP contribution in [-0.2, 0) is 9.31 Å². The lowest BCUT2D eigenvalue weighted by Gasteiger charge is -2.32. The third-order valence-electron chi connectivity index (χ3n) is 5.17. The molecule has 1 fully saturated rings. The smallest absolute Gasteiger partial charge is 0.399 e. The van der Waals surface area contributed by atoms with Crippen LogP contribution >= 0.6 is 15.9 Å². The molecule has 138 valence electrons. The third-order valence-corrected chi connectivity index (χ3v) is 5.83. The summed E-state index contributed by atoms with van der Waals surface area (Å²) < 4.78 is 13.5. The molecule has 6 heteroatoms. The van der Waals surface area contributed by atoms with Crippen LogP contribution in [0.2, 0.25) is 0 Å². The van der Waals surface area contributed by atoms with E-state index in [1.165, 1.54) is 5.56 Å². The number of hydrogen-bond acceptors (Lipinski definition) is 4. The van der Waals surface area contributed by atoms with Gasteiger partial charge in [-0.25, -0.2) is 0 Å². The zero-order valence-corrected chi connectivity index (χ0v) is 17.8. The number of aryl methyl sites for hydroxylation is 2. The highest BCUT2D eigenvalue weighted by molar-refractivity contribution is 9.10. The second kappa shape index (κ2) is 6.91. The Morgan fingerprint density at radius 3 is 1.88 bits per heavy atom. The first-order valence-electron chi connectivity index (χ1n) is 8.83. The summed E-state index contributed by atoms with van der Waals surface area (Å²) >= 11 is 3.59. The third kappa shape index (κ3) is 3.78. The lowest BCUT2D eigenvalue weighted by Crippen LogP contribution is -2.41. The number of hydrogen-bond donors (Lipinski definition) is 2. The number of nitrogens with one attached hydrogen (secondary N) is 2. The van der Waals surface area contributed by atoms with Crippen LogP contribution in [-0.4, -0.2) is 18.3 Å². The van der Waals surface area contributed by atoms with Crippen molar-refractivity contribution < 1.29 is 9.31 Å². The van der Waals surface area contributed by atoms with Gasteiger partial charge in [0.15, 0.2) is 0 Å². The predicted molar refractivity (Wildman–Crippen MR) is 113 cm³/mol. The SMILES string of the molecule is Cc1ccc(NNc2ccc(C)cc2B2OC(C)(C)C(C)(C)O2)c(Br)c1. The first kappa shape index (κ1) is 19.3. The van der Waals surface area contributed by atoms with Gasteiger partial charge >= 0.3 is 7.12 Å². The maximum atomic E-state index is 6.24. The topological polar surface area (TPSA) is 42.5 Å². The molecule has 0 radical (unpaired) electrons. The molecule has 0 saturated carbocycles. The highest BCUT2D eigenvalue weighted by Crippen LogP contribution is 2.37. The first-order chi connectivity index (χ1) is 12.1. The number of benzene rings is 2. The van der Waals surface area contributed by atoms with Gasteiger partial charge in [-0.15, -0.1) is 0 Å². The van der Waals surface area contributed by atoms with E-state index in [0.717, 1.165) is 26.9 Å². The average Bonchev–Trinajstić information content (AvgIpc) is 2.75. The zero-order chi connectivity index (χ0) is 19.1. The van der Waals surface area contributed by atoms with E-state index in [9.17, 15) is 0 Å². The van der Waals surface area contributed by atoms with Crippen molar-refractivity contribution >= 4 is 39.9 Å². The van der Waals surface area contributed by atoms with Crippen molar-refractivity contribution in [2.45, 2.75) is 52.7 Å². The molecule has 0 aliphatic carbocycles. The molecule has 0 bridgehead atoms. The van der Waals surface area contributed by atoms with E-state index >= 15 is 0 Å². The van der Waals surface area contributed by atoms with Crippen LogP contribution in [0.25, 0.3) is 0 Å². The minimum Gasteiger partial charge on any atom is -0.399 e. The summed E-state index contributed by atoms with van der Waals surface area (Å²) in [7, 11) is -0.411. The normalized spacial score (nSPS) is 18.0. The van der Waals surface area contributed by atoms with Gasteiger partial charge in [-0.2, -0.15) is 0 Å². The molecule has 0 atom stereocenters. The van der Waals surface area contributed by atoms with Crippen molar-refractivity contribution in [3.63, 3.8) is 0 Å². The van der Waals surface area contributed by atoms with Crippen molar-refractivity contribution in [2.24, 2.45) is 0 Å².